The van der Waals surface area contributed by atoms with Crippen LogP contribution in [0.3, 0.4) is 0 Å². The number of nitrogens with zero attached hydrogens (tertiary/aromatic N) is 6. The monoisotopic (exact) mass is 343 g/mol. The lowest BCUT2D eigenvalue weighted by Crippen LogP contribution is -2.46. The summed E-state index contributed by atoms with van der Waals surface area (Å²) in [5.41, 5.74) is 1.59. The van der Waals surface area contributed by atoms with Crippen LogP contribution in [0.4, 0.5) is 5.69 Å². The molecule has 1 saturated heterocycles. The third-order valence-corrected chi connectivity index (χ3v) is 4.15. The highest BCUT2D eigenvalue weighted by molar-refractivity contribution is 5.91. The molecule has 9 heteroatoms. The molecule has 0 spiro atoms. The molecule has 0 bridgehead atoms. The molecule has 1 N–H and O–H groups in total. The Hall–Kier alpha value is -2.81. The van der Waals surface area contributed by atoms with E-state index < -0.39 is 0 Å². The normalized spacial score (nSPS) is 15.2. The predicted molar refractivity (Wildman–Crippen MR) is 91.6 cm³/mol. The molecule has 2 amide bonds. The fourth-order valence-corrected chi connectivity index (χ4v) is 2.68. The van der Waals surface area contributed by atoms with Gasteiger partial charge in [0, 0.05) is 50.4 Å². The van der Waals surface area contributed by atoms with Crippen molar-refractivity contribution in [3.8, 4) is 11.4 Å². The number of aryl methyl sites for hydroxylation is 1. The standard InChI is InChI=1S/C16H21N7O2/c1-21-19-16(18-20-21)13-2-4-14(5-3-13)17-15(25)6-7-22-8-10-23(12-24)11-9-22/h2-5,12H,6-11H2,1H3,(H,17,25). The number of benzene rings is 1. The molecule has 0 unspecified atom stereocenters. The number of tetrazole rings is 1. The van der Waals surface area contributed by atoms with Gasteiger partial charge in [0.2, 0.25) is 18.1 Å². The molecule has 1 aliphatic rings. The first-order chi connectivity index (χ1) is 12.1. The number of rotatable bonds is 6. The van der Waals surface area contributed by atoms with E-state index in [9.17, 15) is 9.59 Å². The molecule has 1 aromatic carbocycles. The first kappa shape index (κ1) is 17.0. The van der Waals surface area contributed by atoms with Gasteiger partial charge >= 0.3 is 0 Å². The van der Waals surface area contributed by atoms with Gasteiger partial charge in [0.25, 0.3) is 0 Å². The molecule has 1 aliphatic heterocycles. The van der Waals surface area contributed by atoms with Crippen molar-refractivity contribution in [2.75, 3.05) is 38.0 Å². The number of piperazine rings is 1. The summed E-state index contributed by atoms with van der Waals surface area (Å²) in [5.74, 6) is 0.526. The second-order valence-electron chi connectivity index (χ2n) is 5.96. The van der Waals surface area contributed by atoms with Crippen LogP contribution in [0.15, 0.2) is 24.3 Å². The molecule has 0 saturated carbocycles. The van der Waals surface area contributed by atoms with Gasteiger partial charge < -0.3 is 10.2 Å². The van der Waals surface area contributed by atoms with Crippen molar-refractivity contribution in [3.63, 3.8) is 0 Å². The zero-order valence-corrected chi connectivity index (χ0v) is 14.1. The van der Waals surface area contributed by atoms with Gasteiger partial charge in [-0.05, 0) is 29.5 Å². The lowest BCUT2D eigenvalue weighted by atomic mass is 10.2. The molecule has 1 aromatic heterocycles. The average Bonchev–Trinajstić information content (AvgIpc) is 3.07. The Morgan fingerprint density at radius 1 is 1.20 bits per heavy atom. The largest absolute Gasteiger partial charge is 0.343 e. The van der Waals surface area contributed by atoms with Gasteiger partial charge in [-0.1, -0.05) is 0 Å². The summed E-state index contributed by atoms with van der Waals surface area (Å²) < 4.78 is 0. The molecule has 1 fully saturated rings. The van der Waals surface area contributed by atoms with Crippen molar-refractivity contribution in [1.29, 1.82) is 0 Å². The number of anilines is 1. The van der Waals surface area contributed by atoms with Crippen LogP contribution < -0.4 is 5.32 Å². The molecule has 2 heterocycles. The van der Waals surface area contributed by atoms with Gasteiger partial charge in [-0.3, -0.25) is 14.5 Å². The van der Waals surface area contributed by atoms with E-state index in [-0.39, 0.29) is 5.91 Å². The highest BCUT2D eigenvalue weighted by Crippen LogP contribution is 2.17. The topological polar surface area (TPSA) is 96.3 Å². The van der Waals surface area contributed by atoms with E-state index in [2.05, 4.69) is 25.6 Å². The smallest absolute Gasteiger partial charge is 0.225 e. The van der Waals surface area contributed by atoms with Crippen LogP contribution in [-0.4, -0.2) is 75.0 Å². The number of aromatic nitrogens is 4. The third kappa shape index (κ3) is 4.60. The first-order valence-electron chi connectivity index (χ1n) is 8.20. The maximum absolute atomic E-state index is 12.1. The minimum absolute atomic E-state index is 0.0248. The molecule has 2 aromatic rings. The van der Waals surface area contributed by atoms with Gasteiger partial charge in [-0.15, -0.1) is 10.2 Å². The van der Waals surface area contributed by atoms with Gasteiger partial charge in [0.1, 0.15) is 0 Å². The van der Waals surface area contributed by atoms with E-state index in [0.29, 0.717) is 18.8 Å². The van der Waals surface area contributed by atoms with Crippen LogP contribution in [0.5, 0.6) is 0 Å². The van der Waals surface area contributed by atoms with E-state index >= 15 is 0 Å². The summed E-state index contributed by atoms with van der Waals surface area (Å²) in [4.78, 5) is 28.1. The second-order valence-corrected chi connectivity index (χ2v) is 5.96. The summed E-state index contributed by atoms with van der Waals surface area (Å²) in [5, 5.41) is 14.8. The summed E-state index contributed by atoms with van der Waals surface area (Å²) in [6, 6.07) is 7.36. The Balaban J connectivity index is 1.46. The molecule has 25 heavy (non-hydrogen) atoms. The third-order valence-electron chi connectivity index (χ3n) is 4.15. The zero-order chi connectivity index (χ0) is 17.6. The number of carbonyl (C=O) groups is 2. The number of hydrogen-bond acceptors (Lipinski definition) is 6. The Bertz CT molecular complexity index is 720. The van der Waals surface area contributed by atoms with E-state index in [0.717, 1.165) is 43.8 Å². The maximum Gasteiger partial charge on any atom is 0.225 e. The van der Waals surface area contributed by atoms with Crippen LogP contribution in [0.1, 0.15) is 6.42 Å². The summed E-state index contributed by atoms with van der Waals surface area (Å²) in [7, 11) is 1.71. The molecule has 132 valence electrons. The van der Waals surface area contributed by atoms with E-state index in [1.165, 1.54) is 4.80 Å². The number of hydrogen-bond donors (Lipinski definition) is 1. The number of amides is 2. The van der Waals surface area contributed by atoms with Crippen molar-refractivity contribution in [2.45, 2.75) is 6.42 Å². The maximum atomic E-state index is 12.1. The quantitative estimate of drug-likeness (QED) is 0.741. The first-order valence-corrected chi connectivity index (χ1v) is 8.20. The van der Waals surface area contributed by atoms with E-state index in [4.69, 9.17) is 0 Å². The molecule has 0 atom stereocenters. The Morgan fingerprint density at radius 3 is 2.52 bits per heavy atom. The predicted octanol–water partition coefficient (Wildman–Crippen LogP) is -0.0203. The Kier molecular flexibility index (Phi) is 5.34. The van der Waals surface area contributed by atoms with Crippen molar-refractivity contribution in [2.24, 2.45) is 7.05 Å². The van der Waals surface area contributed by atoms with Crippen molar-refractivity contribution < 1.29 is 9.59 Å². The van der Waals surface area contributed by atoms with Crippen LogP contribution in [-0.2, 0) is 16.6 Å². The SMILES string of the molecule is Cn1nnc(-c2ccc(NC(=O)CCN3CCN(C=O)CC3)cc2)n1. The van der Waals surface area contributed by atoms with Gasteiger partial charge in [0.05, 0.1) is 7.05 Å². The van der Waals surface area contributed by atoms with Crippen LogP contribution >= 0.6 is 0 Å². The summed E-state index contributed by atoms with van der Waals surface area (Å²) in [6.45, 7) is 3.77. The molecular weight excluding hydrogens is 322 g/mol. The molecule has 9 nitrogen and oxygen atoms in total. The number of carbonyl (C=O) groups excluding carboxylic acids is 2. The van der Waals surface area contributed by atoms with Crippen LogP contribution in [0, 0.1) is 0 Å². The van der Waals surface area contributed by atoms with Crippen LogP contribution in [0.2, 0.25) is 0 Å². The lowest BCUT2D eigenvalue weighted by Gasteiger charge is -2.32. The van der Waals surface area contributed by atoms with Gasteiger partial charge in [-0.25, -0.2) is 0 Å². The molecule has 3 rings (SSSR count). The minimum atomic E-state index is -0.0248. The van der Waals surface area contributed by atoms with Crippen molar-refractivity contribution >= 4 is 18.0 Å². The summed E-state index contributed by atoms with van der Waals surface area (Å²) in [6.07, 6.45) is 1.30. The zero-order valence-electron chi connectivity index (χ0n) is 14.1. The van der Waals surface area contributed by atoms with Gasteiger partial charge in [-0.2, -0.15) is 4.80 Å². The Morgan fingerprint density at radius 2 is 1.92 bits per heavy atom. The van der Waals surface area contributed by atoms with Gasteiger partial charge in [0.15, 0.2) is 0 Å². The van der Waals surface area contributed by atoms with Crippen molar-refractivity contribution in [3.05, 3.63) is 24.3 Å². The highest BCUT2D eigenvalue weighted by atomic mass is 16.1. The average molecular weight is 343 g/mol. The fraction of sp³-hybridized carbons (Fsp3) is 0.438. The van der Waals surface area contributed by atoms with E-state index in [1.807, 2.05) is 24.3 Å². The van der Waals surface area contributed by atoms with Crippen LogP contribution in [0.25, 0.3) is 11.4 Å². The molecule has 0 radical (unpaired) electrons. The Labute approximate surface area is 145 Å². The molecular formula is C16H21N7O2. The van der Waals surface area contributed by atoms with Crippen molar-refractivity contribution in [1.82, 2.24) is 30.0 Å². The lowest BCUT2D eigenvalue weighted by molar-refractivity contribution is -0.120. The summed E-state index contributed by atoms with van der Waals surface area (Å²) >= 11 is 0. The molecule has 0 aliphatic carbocycles. The number of nitrogens with one attached hydrogen (secondary N) is 1. The highest BCUT2D eigenvalue weighted by Gasteiger charge is 2.16. The second kappa shape index (κ2) is 7.84. The minimum Gasteiger partial charge on any atom is -0.343 e. The van der Waals surface area contributed by atoms with E-state index in [1.54, 1.807) is 11.9 Å². The fourth-order valence-electron chi connectivity index (χ4n) is 2.68.